The Kier molecular flexibility index (Phi) is 3.80. The van der Waals surface area contributed by atoms with Gasteiger partial charge in [-0.2, -0.15) is 0 Å². The van der Waals surface area contributed by atoms with Gasteiger partial charge in [0.1, 0.15) is 0 Å². The first-order chi connectivity index (χ1) is 9.32. The van der Waals surface area contributed by atoms with E-state index in [2.05, 4.69) is 0 Å². The first-order valence-corrected chi connectivity index (χ1v) is 6.29. The van der Waals surface area contributed by atoms with E-state index >= 15 is 0 Å². The van der Waals surface area contributed by atoms with Gasteiger partial charge in [-0.15, -0.1) is 11.3 Å². The maximum absolute atomic E-state index is 13.6. The molecule has 2 rings (SSSR count). The van der Waals surface area contributed by atoms with E-state index in [0.29, 0.717) is 0 Å². The Labute approximate surface area is 116 Å². The van der Waals surface area contributed by atoms with Crippen molar-refractivity contribution in [2.45, 2.75) is 0 Å². The minimum absolute atomic E-state index is 0.0522. The van der Waals surface area contributed by atoms with Crippen LogP contribution >= 0.6 is 11.3 Å². The van der Waals surface area contributed by atoms with Gasteiger partial charge in [-0.25, -0.2) is 17.6 Å². The van der Waals surface area contributed by atoms with Crippen molar-refractivity contribution in [1.82, 2.24) is 4.90 Å². The van der Waals surface area contributed by atoms with E-state index in [1.165, 1.54) is 31.1 Å². The lowest BCUT2D eigenvalue weighted by atomic mass is 10.1. The van der Waals surface area contributed by atoms with Gasteiger partial charge in [0.2, 0.25) is 0 Å². The van der Waals surface area contributed by atoms with E-state index in [-0.39, 0.29) is 21.7 Å². The van der Waals surface area contributed by atoms with E-state index < -0.39 is 28.8 Å². The molecule has 0 atom stereocenters. The summed E-state index contributed by atoms with van der Waals surface area (Å²) in [5.41, 5.74) is -0.801. The van der Waals surface area contributed by atoms with Gasteiger partial charge in [-0.3, -0.25) is 4.79 Å². The van der Waals surface area contributed by atoms with E-state index in [4.69, 9.17) is 0 Å². The molecular weight excluding hydrogens is 294 g/mol. The van der Waals surface area contributed by atoms with Crippen LogP contribution in [-0.2, 0) is 0 Å². The summed E-state index contributed by atoms with van der Waals surface area (Å²) in [5.74, 6) is -6.27. The Morgan fingerprint density at radius 1 is 1.05 bits per heavy atom. The standard InChI is InChI=1S/C13H9F4NOS/c1-18(2)13(19)9-4-3-8(20-9)10-11(16)6(14)5-7(15)12(10)17/h3-5H,1-2H3. The zero-order valence-electron chi connectivity index (χ0n) is 10.5. The largest absolute Gasteiger partial charge is 0.344 e. The highest BCUT2D eigenvalue weighted by atomic mass is 32.1. The molecule has 0 spiro atoms. The third-order valence-electron chi connectivity index (χ3n) is 2.58. The topological polar surface area (TPSA) is 20.3 Å². The second-order valence-electron chi connectivity index (χ2n) is 4.21. The lowest BCUT2D eigenvalue weighted by Gasteiger charge is -2.07. The zero-order chi connectivity index (χ0) is 15.0. The molecule has 20 heavy (non-hydrogen) atoms. The lowest BCUT2D eigenvalue weighted by Crippen LogP contribution is -2.20. The summed E-state index contributed by atoms with van der Waals surface area (Å²) < 4.78 is 53.5. The minimum atomic E-state index is -1.48. The van der Waals surface area contributed by atoms with Crippen molar-refractivity contribution in [1.29, 1.82) is 0 Å². The predicted molar refractivity (Wildman–Crippen MR) is 67.6 cm³/mol. The summed E-state index contributed by atoms with van der Waals surface area (Å²) in [6.45, 7) is 0. The summed E-state index contributed by atoms with van der Waals surface area (Å²) in [6.07, 6.45) is 0. The van der Waals surface area contributed by atoms with Crippen molar-refractivity contribution >= 4 is 17.2 Å². The predicted octanol–water partition coefficient (Wildman–Crippen LogP) is 3.67. The number of thiophene rings is 1. The van der Waals surface area contributed by atoms with Crippen LogP contribution < -0.4 is 0 Å². The van der Waals surface area contributed by atoms with E-state index in [9.17, 15) is 22.4 Å². The number of rotatable bonds is 2. The van der Waals surface area contributed by atoms with E-state index in [1.54, 1.807) is 0 Å². The minimum Gasteiger partial charge on any atom is -0.344 e. The molecule has 0 N–H and O–H groups in total. The highest BCUT2D eigenvalue weighted by Crippen LogP contribution is 2.34. The number of benzene rings is 1. The molecule has 1 heterocycles. The van der Waals surface area contributed by atoms with E-state index in [1.807, 2.05) is 0 Å². The molecule has 0 radical (unpaired) electrons. The first kappa shape index (κ1) is 14.5. The highest BCUT2D eigenvalue weighted by molar-refractivity contribution is 7.17. The summed E-state index contributed by atoms with van der Waals surface area (Å²) in [7, 11) is 3.04. The number of carbonyl (C=O) groups is 1. The normalized spacial score (nSPS) is 10.7. The van der Waals surface area contributed by atoms with Crippen LogP contribution in [0.2, 0.25) is 0 Å². The molecular formula is C13H9F4NOS. The summed E-state index contributed by atoms with van der Waals surface area (Å²) in [5, 5.41) is 0. The van der Waals surface area contributed by atoms with Crippen LogP contribution in [0.4, 0.5) is 17.6 Å². The molecule has 0 aliphatic heterocycles. The number of halogens is 4. The zero-order valence-corrected chi connectivity index (χ0v) is 11.3. The lowest BCUT2D eigenvalue weighted by molar-refractivity contribution is 0.0832. The average Bonchev–Trinajstić information content (AvgIpc) is 2.85. The van der Waals surface area contributed by atoms with Gasteiger partial charge in [-0.05, 0) is 12.1 Å². The molecule has 0 saturated heterocycles. The van der Waals surface area contributed by atoms with Gasteiger partial charge < -0.3 is 4.90 Å². The molecule has 2 aromatic rings. The molecule has 7 heteroatoms. The monoisotopic (exact) mass is 303 g/mol. The molecule has 0 fully saturated rings. The fourth-order valence-electron chi connectivity index (χ4n) is 1.60. The Balaban J connectivity index is 2.56. The number of carbonyl (C=O) groups excluding carboxylic acids is 1. The molecule has 0 unspecified atom stereocenters. The van der Waals surface area contributed by atoms with Crippen LogP contribution in [0.5, 0.6) is 0 Å². The van der Waals surface area contributed by atoms with Gasteiger partial charge in [-0.1, -0.05) is 0 Å². The molecule has 106 valence electrons. The molecule has 0 aliphatic rings. The van der Waals surface area contributed by atoms with Crippen molar-refractivity contribution < 1.29 is 22.4 Å². The second-order valence-corrected chi connectivity index (χ2v) is 5.29. The smallest absolute Gasteiger partial charge is 0.263 e. The fourth-order valence-corrected chi connectivity index (χ4v) is 2.66. The molecule has 1 aromatic heterocycles. The quantitative estimate of drug-likeness (QED) is 0.612. The van der Waals surface area contributed by atoms with Gasteiger partial charge in [0.25, 0.3) is 5.91 Å². The Bertz CT molecular complexity index is 655. The van der Waals surface area contributed by atoms with Crippen molar-refractivity contribution in [3.63, 3.8) is 0 Å². The van der Waals surface area contributed by atoms with Crippen molar-refractivity contribution in [3.8, 4) is 10.4 Å². The molecule has 0 saturated carbocycles. The number of nitrogens with zero attached hydrogens (tertiary/aromatic N) is 1. The Morgan fingerprint density at radius 2 is 1.60 bits per heavy atom. The molecule has 0 bridgehead atoms. The summed E-state index contributed by atoms with van der Waals surface area (Å²) >= 11 is 0.764. The van der Waals surface area contributed by atoms with Crippen molar-refractivity contribution in [3.05, 3.63) is 46.3 Å². The third kappa shape index (κ3) is 2.40. The molecule has 0 aliphatic carbocycles. The van der Waals surface area contributed by atoms with Crippen LogP contribution in [0.25, 0.3) is 10.4 Å². The third-order valence-corrected chi connectivity index (χ3v) is 3.67. The maximum Gasteiger partial charge on any atom is 0.263 e. The van der Waals surface area contributed by atoms with Gasteiger partial charge in [0.05, 0.1) is 10.4 Å². The van der Waals surface area contributed by atoms with Gasteiger partial charge >= 0.3 is 0 Å². The Hall–Kier alpha value is -1.89. The molecule has 2 nitrogen and oxygen atoms in total. The van der Waals surface area contributed by atoms with Crippen molar-refractivity contribution in [2.24, 2.45) is 0 Å². The van der Waals surface area contributed by atoms with Crippen LogP contribution in [-0.4, -0.2) is 24.9 Å². The number of amides is 1. The molecule has 1 amide bonds. The maximum atomic E-state index is 13.6. The van der Waals surface area contributed by atoms with Crippen LogP contribution in [0.3, 0.4) is 0 Å². The number of hydrogen-bond acceptors (Lipinski definition) is 2. The SMILES string of the molecule is CN(C)C(=O)c1ccc(-c2c(F)c(F)cc(F)c2F)s1. The van der Waals surface area contributed by atoms with E-state index in [0.717, 1.165) is 11.3 Å². The highest BCUT2D eigenvalue weighted by Gasteiger charge is 2.22. The van der Waals surface area contributed by atoms with Crippen LogP contribution in [0.1, 0.15) is 9.67 Å². The van der Waals surface area contributed by atoms with Crippen LogP contribution in [0.15, 0.2) is 18.2 Å². The van der Waals surface area contributed by atoms with Gasteiger partial charge in [0, 0.05) is 25.0 Å². The van der Waals surface area contributed by atoms with Crippen molar-refractivity contribution in [2.75, 3.05) is 14.1 Å². The van der Waals surface area contributed by atoms with Gasteiger partial charge in [0.15, 0.2) is 23.3 Å². The van der Waals surface area contributed by atoms with Crippen LogP contribution in [0, 0.1) is 23.3 Å². The molecule has 1 aromatic carbocycles. The Morgan fingerprint density at radius 3 is 2.10 bits per heavy atom. The summed E-state index contributed by atoms with van der Waals surface area (Å²) in [4.78, 5) is 13.1. The number of hydrogen-bond donors (Lipinski definition) is 0. The fraction of sp³-hybridized carbons (Fsp3) is 0.154. The second kappa shape index (κ2) is 5.24. The first-order valence-electron chi connectivity index (χ1n) is 5.47. The summed E-state index contributed by atoms with van der Waals surface area (Å²) in [6, 6.07) is 2.75. The average molecular weight is 303 g/mol.